The van der Waals surface area contributed by atoms with E-state index in [2.05, 4.69) is 37.2 Å². The van der Waals surface area contributed by atoms with Gasteiger partial charge >= 0.3 is 0 Å². The number of aromatic amines is 1. The summed E-state index contributed by atoms with van der Waals surface area (Å²) in [7, 11) is 2.07. The Morgan fingerprint density at radius 1 is 1.21 bits per heavy atom. The molecule has 3 aromatic heterocycles. The number of hydrogen-bond donors (Lipinski definition) is 2. The molecule has 1 saturated heterocycles. The number of nitrogens with zero attached hydrogens (tertiary/aromatic N) is 6. The van der Waals surface area contributed by atoms with Crippen LogP contribution in [0.15, 0.2) is 36.9 Å². The van der Waals surface area contributed by atoms with Crippen molar-refractivity contribution < 1.29 is 4.79 Å². The van der Waals surface area contributed by atoms with E-state index in [1.165, 1.54) is 6.33 Å². The first-order valence-electron chi connectivity index (χ1n) is 10.9. The molecule has 0 radical (unpaired) electrons. The molecule has 1 unspecified atom stereocenters. The van der Waals surface area contributed by atoms with Gasteiger partial charge < -0.3 is 20.1 Å². The standard InChI is InChI=1S/C23H25ClN8O/c1-14(29-23-21-22(26-12-25-21)27-13-28-23)17-10-15-4-3-5-16(24)20(15)18(30-17)11-19(33)32-8-6-31(2)7-9-32/h3-5,10,12-14H,6-9,11H2,1-2H3,(H2,25,26,27,28,29). The number of H-pyrrole nitrogens is 1. The number of pyridine rings is 1. The van der Waals surface area contributed by atoms with Crippen LogP contribution in [-0.4, -0.2) is 73.9 Å². The molecule has 1 atom stereocenters. The lowest BCUT2D eigenvalue weighted by Gasteiger charge is -2.32. The molecule has 2 N–H and O–H groups in total. The molecule has 1 amide bonds. The molecule has 1 aliphatic rings. The molecule has 0 spiro atoms. The van der Waals surface area contributed by atoms with Crippen LogP contribution in [0.5, 0.6) is 0 Å². The van der Waals surface area contributed by atoms with E-state index in [4.69, 9.17) is 16.6 Å². The molecule has 4 aromatic rings. The summed E-state index contributed by atoms with van der Waals surface area (Å²) < 4.78 is 0. The topological polar surface area (TPSA) is 103 Å². The third-order valence-electron chi connectivity index (χ3n) is 6.10. The van der Waals surface area contributed by atoms with Crippen molar-refractivity contribution in [3.63, 3.8) is 0 Å². The Morgan fingerprint density at radius 3 is 2.85 bits per heavy atom. The Hall–Kier alpha value is -3.30. The summed E-state index contributed by atoms with van der Waals surface area (Å²) in [4.78, 5) is 37.9. The van der Waals surface area contributed by atoms with Gasteiger partial charge in [-0.2, -0.15) is 0 Å². The van der Waals surface area contributed by atoms with Gasteiger partial charge in [-0.15, -0.1) is 0 Å². The number of carbonyl (C=O) groups is 1. The minimum Gasteiger partial charge on any atom is -0.360 e. The van der Waals surface area contributed by atoms with Gasteiger partial charge in [-0.3, -0.25) is 9.78 Å². The third-order valence-corrected chi connectivity index (χ3v) is 6.41. The summed E-state index contributed by atoms with van der Waals surface area (Å²) >= 11 is 6.55. The molecular weight excluding hydrogens is 440 g/mol. The number of nitrogens with one attached hydrogen (secondary N) is 2. The highest BCUT2D eigenvalue weighted by atomic mass is 35.5. The number of carbonyl (C=O) groups excluding carboxylic acids is 1. The van der Waals surface area contributed by atoms with Crippen molar-refractivity contribution in [2.24, 2.45) is 0 Å². The largest absolute Gasteiger partial charge is 0.360 e. The Bertz CT molecular complexity index is 1310. The van der Waals surface area contributed by atoms with Crippen LogP contribution < -0.4 is 5.32 Å². The number of fused-ring (bicyclic) bond motifs is 2. The van der Waals surface area contributed by atoms with Crippen LogP contribution in [0.2, 0.25) is 5.02 Å². The predicted molar refractivity (Wildman–Crippen MR) is 128 cm³/mol. The van der Waals surface area contributed by atoms with Gasteiger partial charge in [0.1, 0.15) is 11.8 Å². The number of aromatic nitrogens is 5. The summed E-state index contributed by atoms with van der Waals surface area (Å²) in [5, 5.41) is 5.78. The van der Waals surface area contributed by atoms with Crippen molar-refractivity contribution in [2.75, 3.05) is 38.5 Å². The van der Waals surface area contributed by atoms with Crippen LogP contribution in [0.4, 0.5) is 5.82 Å². The zero-order valence-corrected chi connectivity index (χ0v) is 19.3. The van der Waals surface area contributed by atoms with E-state index in [-0.39, 0.29) is 18.4 Å². The zero-order chi connectivity index (χ0) is 22.9. The number of amides is 1. The Morgan fingerprint density at radius 2 is 2.03 bits per heavy atom. The van der Waals surface area contributed by atoms with E-state index in [0.717, 1.165) is 48.2 Å². The molecule has 4 heterocycles. The van der Waals surface area contributed by atoms with Gasteiger partial charge in [0, 0.05) is 31.6 Å². The fourth-order valence-electron chi connectivity index (χ4n) is 4.18. The quantitative estimate of drug-likeness (QED) is 0.468. The molecule has 10 heteroatoms. The van der Waals surface area contributed by atoms with Crippen LogP contribution in [0, 0.1) is 0 Å². The first-order chi connectivity index (χ1) is 16.0. The molecule has 9 nitrogen and oxygen atoms in total. The molecular formula is C23H25ClN8O. The predicted octanol–water partition coefficient (Wildman–Crippen LogP) is 3.04. The lowest BCUT2D eigenvalue weighted by atomic mass is 10.0. The number of anilines is 1. The van der Waals surface area contributed by atoms with Crippen LogP contribution in [0.1, 0.15) is 24.4 Å². The van der Waals surface area contributed by atoms with Crippen molar-refractivity contribution >= 4 is 45.3 Å². The number of benzene rings is 1. The van der Waals surface area contributed by atoms with Crippen LogP contribution in [0.3, 0.4) is 0 Å². The number of piperazine rings is 1. The second-order valence-corrected chi connectivity index (χ2v) is 8.79. The second kappa shape index (κ2) is 8.92. The van der Waals surface area contributed by atoms with Gasteiger partial charge in [-0.05, 0) is 31.5 Å². The van der Waals surface area contributed by atoms with Gasteiger partial charge in [0.2, 0.25) is 5.91 Å². The Kier molecular flexibility index (Phi) is 5.82. The maximum Gasteiger partial charge on any atom is 0.228 e. The van der Waals surface area contributed by atoms with Crippen molar-refractivity contribution in [1.82, 2.24) is 34.7 Å². The van der Waals surface area contributed by atoms with E-state index < -0.39 is 0 Å². The maximum atomic E-state index is 13.1. The summed E-state index contributed by atoms with van der Waals surface area (Å²) in [6.45, 7) is 5.22. The fourth-order valence-corrected chi connectivity index (χ4v) is 4.47. The molecule has 170 valence electrons. The average molecular weight is 465 g/mol. The molecule has 1 fully saturated rings. The van der Waals surface area contributed by atoms with Gasteiger partial charge in [-0.1, -0.05) is 23.7 Å². The smallest absolute Gasteiger partial charge is 0.228 e. The van der Waals surface area contributed by atoms with E-state index in [1.54, 1.807) is 6.33 Å². The van der Waals surface area contributed by atoms with Crippen molar-refractivity contribution in [2.45, 2.75) is 19.4 Å². The lowest BCUT2D eigenvalue weighted by molar-refractivity contribution is -0.132. The monoisotopic (exact) mass is 464 g/mol. The lowest BCUT2D eigenvalue weighted by Crippen LogP contribution is -2.47. The second-order valence-electron chi connectivity index (χ2n) is 8.38. The summed E-state index contributed by atoms with van der Waals surface area (Å²) in [5.41, 5.74) is 2.83. The van der Waals surface area contributed by atoms with Crippen LogP contribution >= 0.6 is 11.6 Å². The number of halogens is 1. The molecule has 1 aromatic carbocycles. The molecule has 33 heavy (non-hydrogen) atoms. The molecule has 0 saturated carbocycles. The Balaban J connectivity index is 1.47. The van der Waals surface area contributed by atoms with Gasteiger partial charge in [0.15, 0.2) is 11.5 Å². The van der Waals surface area contributed by atoms with Crippen molar-refractivity contribution in [1.29, 1.82) is 0 Å². The van der Waals surface area contributed by atoms with E-state index in [1.807, 2.05) is 36.1 Å². The minimum atomic E-state index is -0.174. The van der Waals surface area contributed by atoms with Gasteiger partial charge in [0.25, 0.3) is 0 Å². The first-order valence-corrected chi connectivity index (χ1v) is 11.3. The molecule has 1 aliphatic heterocycles. The highest BCUT2D eigenvalue weighted by Gasteiger charge is 2.22. The van der Waals surface area contributed by atoms with Crippen LogP contribution in [-0.2, 0) is 11.2 Å². The van der Waals surface area contributed by atoms with Gasteiger partial charge in [0.05, 0.1) is 35.2 Å². The molecule has 0 aliphatic carbocycles. The zero-order valence-electron chi connectivity index (χ0n) is 18.5. The maximum absolute atomic E-state index is 13.1. The van der Waals surface area contributed by atoms with Gasteiger partial charge in [-0.25, -0.2) is 15.0 Å². The summed E-state index contributed by atoms with van der Waals surface area (Å²) in [6, 6.07) is 7.59. The molecule has 5 rings (SSSR count). The van der Waals surface area contributed by atoms with Crippen molar-refractivity contribution in [3.8, 4) is 0 Å². The summed E-state index contributed by atoms with van der Waals surface area (Å²) in [6.07, 6.45) is 3.28. The number of rotatable bonds is 5. The fraction of sp³-hybridized carbons (Fsp3) is 0.348. The molecule has 0 bridgehead atoms. The van der Waals surface area contributed by atoms with Crippen LogP contribution in [0.25, 0.3) is 21.9 Å². The van der Waals surface area contributed by atoms with E-state index in [9.17, 15) is 4.79 Å². The number of imidazole rings is 1. The number of likely N-dealkylation sites (N-methyl/N-ethyl adjacent to an activating group) is 1. The van der Waals surface area contributed by atoms with E-state index in [0.29, 0.717) is 22.2 Å². The van der Waals surface area contributed by atoms with Crippen molar-refractivity contribution in [3.05, 3.63) is 53.3 Å². The first kappa shape index (κ1) is 21.5. The Labute approximate surface area is 196 Å². The number of hydrogen-bond acceptors (Lipinski definition) is 7. The average Bonchev–Trinajstić information content (AvgIpc) is 3.29. The van der Waals surface area contributed by atoms with E-state index >= 15 is 0 Å². The summed E-state index contributed by atoms with van der Waals surface area (Å²) in [5.74, 6) is 0.720. The highest BCUT2D eigenvalue weighted by molar-refractivity contribution is 6.35. The third kappa shape index (κ3) is 4.34. The SMILES string of the molecule is CC(Nc1ncnc2nc[nH]c12)c1cc2cccc(Cl)c2c(CC(=O)N2CCN(C)CC2)n1. The highest BCUT2D eigenvalue weighted by Crippen LogP contribution is 2.30. The minimum absolute atomic E-state index is 0.0737. The normalized spacial score (nSPS) is 15.8.